The zero-order valence-corrected chi connectivity index (χ0v) is 19.0. The molecule has 2 amide bonds. The number of nitrogens with zero attached hydrogens (tertiary/aromatic N) is 1. The Labute approximate surface area is 190 Å². The zero-order valence-electron chi connectivity index (χ0n) is 17.5. The van der Waals surface area contributed by atoms with Gasteiger partial charge >= 0.3 is 0 Å². The summed E-state index contributed by atoms with van der Waals surface area (Å²) in [6.45, 7) is 2.28. The van der Waals surface area contributed by atoms with Crippen LogP contribution in [0.5, 0.6) is 11.5 Å². The first-order chi connectivity index (χ1) is 14.9. The van der Waals surface area contributed by atoms with E-state index >= 15 is 0 Å². The van der Waals surface area contributed by atoms with Crippen LogP contribution in [0.15, 0.2) is 53.9 Å². The largest absolute Gasteiger partial charge is 0.495 e. The average Bonchev–Trinajstić information content (AvgIpc) is 3.16. The lowest BCUT2D eigenvalue weighted by Gasteiger charge is -2.19. The number of thiophene rings is 1. The van der Waals surface area contributed by atoms with E-state index < -0.39 is 0 Å². The molecule has 0 spiro atoms. The number of aryl methyl sites for hydroxylation is 1. The molecule has 0 fully saturated rings. The third kappa shape index (κ3) is 5.77. The van der Waals surface area contributed by atoms with Crippen LogP contribution in [0.1, 0.15) is 20.8 Å². The van der Waals surface area contributed by atoms with Gasteiger partial charge in [0.05, 0.1) is 24.2 Å². The molecular formula is C23H23ClN2O4S. The number of hydrogen-bond acceptors (Lipinski definition) is 5. The molecule has 8 heteroatoms. The summed E-state index contributed by atoms with van der Waals surface area (Å²) >= 11 is 7.70. The fourth-order valence-corrected chi connectivity index (χ4v) is 4.13. The summed E-state index contributed by atoms with van der Waals surface area (Å²) in [5.74, 6) is 0.326. The van der Waals surface area contributed by atoms with Gasteiger partial charge in [-0.05, 0) is 54.3 Å². The van der Waals surface area contributed by atoms with Crippen molar-refractivity contribution in [1.82, 2.24) is 4.90 Å². The van der Waals surface area contributed by atoms with Crippen LogP contribution in [-0.2, 0) is 11.3 Å². The summed E-state index contributed by atoms with van der Waals surface area (Å²) in [6.07, 6.45) is 0. The standard InChI is InChI=1S/C23H23ClN2O4S/c1-15-10-11-31-21(15)13-26(2)23(28)17-6-4-5-7-19(17)30-14-22(27)25-16-8-9-20(29-3)18(24)12-16/h4-12H,13-14H2,1-3H3,(H,25,27). The maximum absolute atomic E-state index is 13.0. The van der Waals surface area contributed by atoms with E-state index in [-0.39, 0.29) is 18.4 Å². The van der Waals surface area contributed by atoms with Gasteiger partial charge in [0.2, 0.25) is 0 Å². The van der Waals surface area contributed by atoms with Crippen LogP contribution in [0, 0.1) is 6.92 Å². The van der Waals surface area contributed by atoms with Gasteiger partial charge < -0.3 is 19.7 Å². The van der Waals surface area contributed by atoms with Crippen LogP contribution < -0.4 is 14.8 Å². The number of para-hydroxylation sites is 1. The Balaban J connectivity index is 1.63. The van der Waals surface area contributed by atoms with Gasteiger partial charge in [-0.2, -0.15) is 0 Å². The van der Waals surface area contributed by atoms with Crippen LogP contribution in [-0.4, -0.2) is 37.5 Å². The predicted octanol–water partition coefficient (Wildman–Crippen LogP) is 5.01. The van der Waals surface area contributed by atoms with Crippen molar-refractivity contribution in [2.45, 2.75) is 13.5 Å². The van der Waals surface area contributed by atoms with Crippen LogP contribution in [0.3, 0.4) is 0 Å². The third-order valence-corrected chi connectivity index (χ3v) is 5.91. The van der Waals surface area contributed by atoms with Gasteiger partial charge in [-0.3, -0.25) is 9.59 Å². The van der Waals surface area contributed by atoms with E-state index in [1.54, 1.807) is 65.7 Å². The minimum Gasteiger partial charge on any atom is -0.495 e. The van der Waals surface area contributed by atoms with Crippen molar-refractivity contribution in [3.63, 3.8) is 0 Å². The van der Waals surface area contributed by atoms with E-state index in [9.17, 15) is 9.59 Å². The van der Waals surface area contributed by atoms with Gasteiger partial charge in [-0.15, -0.1) is 11.3 Å². The minimum absolute atomic E-state index is 0.175. The van der Waals surface area contributed by atoms with Crippen molar-refractivity contribution in [3.05, 3.63) is 74.9 Å². The van der Waals surface area contributed by atoms with Crippen LogP contribution in [0.25, 0.3) is 0 Å². The number of benzene rings is 2. The molecule has 1 aromatic heterocycles. The van der Waals surface area contributed by atoms with Crippen LogP contribution >= 0.6 is 22.9 Å². The maximum Gasteiger partial charge on any atom is 0.262 e. The van der Waals surface area contributed by atoms with Crippen molar-refractivity contribution in [2.24, 2.45) is 0 Å². The summed E-state index contributed by atoms with van der Waals surface area (Å²) in [7, 11) is 3.27. The number of halogens is 1. The molecule has 0 bridgehead atoms. The van der Waals surface area contributed by atoms with E-state index in [1.807, 2.05) is 18.4 Å². The molecule has 0 unspecified atom stereocenters. The number of methoxy groups -OCH3 is 1. The van der Waals surface area contributed by atoms with Crippen molar-refractivity contribution in [2.75, 3.05) is 26.1 Å². The first-order valence-corrected chi connectivity index (χ1v) is 10.8. The number of ether oxygens (including phenoxy) is 2. The van der Waals surface area contributed by atoms with Crippen LogP contribution in [0.4, 0.5) is 5.69 Å². The second-order valence-electron chi connectivity index (χ2n) is 6.87. The molecular weight excluding hydrogens is 436 g/mol. The second kappa shape index (κ2) is 10.3. The molecule has 0 atom stereocenters. The summed E-state index contributed by atoms with van der Waals surface area (Å²) in [5, 5.41) is 5.11. The average molecular weight is 459 g/mol. The predicted molar refractivity (Wildman–Crippen MR) is 123 cm³/mol. The number of anilines is 1. The molecule has 1 heterocycles. The second-order valence-corrected chi connectivity index (χ2v) is 8.28. The van der Waals surface area contributed by atoms with Gasteiger partial charge in [-0.25, -0.2) is 0 Å². The Hall–Kier alpha value is -3.03. The van der Waals surface area contributed by atoms with Crippen molar-refractivity contribution in [1.29, 1.82) is 0 Å². The summed E-state index contributed by atoms with van der Waals surface area (Å²) in [6, 6.07) is 13.9. The Morgan fingerprint density at radius 3 is 2.58 bits per heavy atom. The Morgan fingerprint density at radius 2 is 1.90 bits per heavy atom. The van der Waals surface area contributed by atoms with Gasteiger partial charge in [0.25, 0.3) is 11.8 Å². The molecule has 0 aliphatic carbocycles. The van der Waals surface area contributed by atoms with Gasteiger partial charge in [0.15, 0.2) is 6.61 Å². The molecule has 2 aromatic carbocycles. The maximum atomic E-state index is 13.0. The SMILES string of the molecule is COc1ccc(NC(=O)COc2ccccc2C(=O)N(C)Cc2sccc2C)cc1Cl. The Kier molecular flexibility index (Phi) is 7.55. The fraction of sp³-hybridized carbons (Fsp3) is 0.217. The fourth-order valence-electron chi connectivity index (χ4n) is 2.91. The minimum atomic E-state index is -0.369. The lowest BCUT2D eigenvalue weighted by atomic mass is 10.1. The molecule has 6 nitrogen and oxygen atoms in total. The molecule has 1 N–H and O–H groups in total. The summed E-state index contributed by atoms with van der Waals surface area (Å²) in [5.41, 5.74) is 2.08. The number of rotatable bonds is 8. The molecule has 0 aliphatic rings. The highest BCUT2D eigenvalue weighted by Crippen LogP contribution is 2.27. The molecule has 0 saturated carbocycles. The van der Waals surface area contributed by atoms with E-state index in [0.29, 0.717) is 34.3 Å². The normalized spacial score (nSPS) is 10.5. The Morgan fingerprint density at radius 1 is 1.13 bits per heavy atom. The molecule has 0 radical (unpaired) electrons. The first kappa shape index (κ1) is 22.7. The van der Waals surface area contributed by atoms with Crippen molar-refractivity contribution in [3.8, 4) is 11.5 Å². The number of carbonyl (C=O) groups is 2. The molecule has 162 valence electrons. The van der Waals surface area contributed by atoms with E-state index in [4.69, 9.17) is 21.1 Å². The highest BCUT2D eigenvalue weighted by Gasteiger charge is 2.18. The molecule has 3 rings (SSSR count). The molecule has 0 aliphatic heterocycles. The van der Waals surface area contributed by atoms with E-state index in [1.165, 1.54) is 7.11 Å². The number of amides is 2. The summed E-state index contributed by atoms with van der Waals surface area (Å²) < 4.78 is 10.8. The van der Waals surface area contributed by atoms with Crippen molar-refractivity contribution < 1.29 is 19.1 Å². The van der Waals surface area contributed by atoms with Crippen LogP contribution in [0.2, 0.25) is 5.02 Å². The summed E-state index contributed by atoms with van der Waals surface area (Å²) in [4.78, 5) is 28.0. The lowest BCUT2D eigenvalue weighted by Crippen LogP contribution is -2.27. The highest BCUT2D eigenvalue weighted by molar-refractivity contribution is 7.10. The quantitative estimate of drug-likeness (QED) is 0.515. The smallest absolute Gasteiger partial charge is 0.262 e. The number of hydrogen-bond donors (Lipinski definition) is 1. The van der Waals surface area contributed by atoms with E-state index in [0.717, 1.165) is 10.4 Å². The van der Waals surface area contributed by atoms with Gasteiger partial charge in [0, 0.05) is 17.6 Å². The number of nitrogens with one attached hydrogen (secondary N) is 1. The monoisotopic (exact) mass is 458 g/mol. The van der Waals surface area contributed by atoms with Gasteiger partial charge in [-0.1, -0.05) is 23.7 Å². The number of carbonyl (C=O) groups excluding carboxylic acids is 2. The highest BCUT2D eigenvalue weighted by atomic mass is 35.5. The zero-order chi connectivity index (χ0) is 22.4. The Bertz CT molecular complexity index is 1080. The lowest BCUT2D eigenvalue weighted by molar-refractivity contribution is -0.118. The van der Waals surface area contributed by atoms with Gasteiger partial charge in [0.1, 0.15) is 11.5 Å². The first-order valence-electron chi connectivity index (χ1n) is 9.52. The van der Waals surface area contributed by atoms with Crippen molar-refractivity contribution >= 4 is 40.4 Å². The third-order valence-electron chi connectivity index (χ3n) is 4.61. The molecule has 31 heavy (non-hydrogen) atoms. The topological polar surface area (TPSA) is 67.9 Å². The van der Waals surface area contributed by atoms with E-state index in [2.05, 4.69) is 5.32 Å². The molecule has 0 saturated heterocycles. The molecule has 3 aromatic rings.